The van der Waals surface area contributed by atoms with Gasteiger partial charge in [-0.15, -0.1) is 11.3 Å². The average Bonchev–Trinajstić information content (AvgIpc) is 3.45. The maximum atomic E-state index is 13.2. The highest BCUT2D eigenvalue weighted by Gasteiger charge is 2.44. The van der Waals surface area contributed by atoms with Crippen LogP contribution in [0.3, 0.4) is 0 Å². The van der Waals surface area contributed by atoms with Gasteiger partial charge in [-0.1, -0.05) is 43.3 Å². The molecular formula is C25H21NO5S. The molecule has 2 aromatic carbocycles. The number of carbonyl (C=O) groups excluding carboxylic acids is 3. The van der Waals surface area contributed by atoms with E-state index in [0.717, 1.165) is 6.42 Å². The molecule has 1 aliphatic heterocycles. The molecule has 3 aromatic rings. The number of carbonyl (C=O) groups is 3. The fourth-order valence-electron chi connectivity index (χ4n) is 3.63. The quantitative estimate of drug-likeness (QED) is 0.403. The molecule has 0 saturated carbocycles. The highest BCUT2D eigenvalue weighted by atomic mass is 32.1. The van der Waals surface area contributed by atoms with Gasteiger partial charge >= 0.3 is 5.97 Å². The number of anilines is 1. The number of amides is 1. The number of thiophene rings is 1. The van der Waals surface area contributed by atoms with Gasteiger partial charge in [0, 0.05) is 5.69 Å². The van der Waals surface area contributed by atoms with Gasteiger partial charge in [0.15, 0.2) is 5.76 Å². The minimum absolute atomic E-state index is 0.0371. The molecule has 162 valence electrons. The molecule has 1 unspecified atom stereocenters. The minimum Gasteiger partial charge on any atom is -0.503 e. The van der Waals surface area contributed by atoms with Crippen LogP contribution in [0.4, 0.5) is 5.69 Å². The van der Waals surface area contributed by atoms with E-state index in [4.69, 9.17) is 4.74 Å². The van der Waals surface area contributed by atoms with Crippen LogP contribution in [0.2, 0.25) is 0 Å². The van der Waals surface area contributed by atoms with E-state index >= 15 is 0 Å². The highest BCUT2D eigenvalue weighted by Crippen LogP contribution is 2.42. The number of aliphatic hydroxyl groups excluding tert-OH is 1. The van der Waals surface area contributed by atoms with E-state index in [-0.39, 0.29) is 11.4 Å². The van der Waals surface area contributed by atoms with Crippen LogP contribution >= 0.6 is 11.3 Å². The number of Topliss-reactive ketones (excluding diaryl/α,β-unsaturated/α-hetero) is 1. The van der Waals surface area contributed by atoms with Crippen LogP contribution in [0.1, 0.15) is 45.0 Å². The van der Waals surface area contributed by atoms with Crippen LogP contribution in [-0.4, -0.2) is 29.4 Å². The van der Waals surface area contributed by atoms with Gasteiger partial charge in [0.25, 0.3) is 5.91 Å². The SMILES string of the molecule is CCCOC(=O)c1ccc(N2C(=O)C(O)=C(C(=O)c3cccs3)C2c2ccccc2)cc1. The number of aliphatic hydroxyl groups is 1. The first kappa shape index (κ1) is 21.5. The van der Waals surface area contributed by atoms with Gasteiger partial charge in [0.05, 0.1) is 28.7 Å². The van der Waals surface area contributed by atoms with Crippen LogP contribution in [-0.2, 0) is 9.53 Å². The van der Waals surface area contributed by atoms with E-state index < -0.39 is 23.7 Å². The summed E-state index contributed by atoms with van der Waals surface area (Å²) in [5, 5.41) is 12.5. The number of esters is 1. The molecule has 7 heteroatoms. The second kappa shape index (κ2) is 9.20. The van der Waals surface area contributed by atoms with Gasteiger partial charge in [0.1, 0.15) is 0 Å². The van der Waals surface area contributed by atoms with Crippen LogP contribution in [0.25, 0.3) is 0 Å². The Balaban J connectivity index is 1.74. The molecule has 0 bridgehead atoms. The molecule has 1 aromatic heterocycles. The van der Waals surface area contributed by atoms with Crippen molar-refractivity contribution in [2.45, 2.75) is 19.4 Å². The number of rotatable bonds is 7. The third kappa shape index (κ3) is 3.94. The molecule has 1 atom stereocenters. The van der Waals surface area contributed by atoms with Crippen molar-refractivity contribution in [2.24, 2.45) is 0 Å². The smallest absolute Gasteiger partial charge is 0.338 e. The Hall–Kier alpha value is -3.71. The summed E-state index contributed by atoms with van der Waals surface area (Å²) in [5.41, 5.74) is 1.54. The number of ketones is 1. The largest absolute Gasteiger partial charge is 0.503 e. The van der Waals surface area contributed by atoms with Crippen molar-refractivity contribution in [2.75, 3.05) is 11.5 Å². The summed E-state index contributed by atoms with van der Waals surface area (Å²) in [6.45, 7) is 2.24. The van der Waals surface area contributed by atoms with E-state index in [2.05, 4.69) is 0 Å². The number of hydrogen-bond donors (Lipinski definition) is 1. The zero-order valence-corrected chi connectivity index (χ0v) is 18.2. The van der Waals surface area contributed by atoms with Crippen LogP contribution in [0, 0.1) is 0 Å². The monoisotopic (exact) mass is 447 g/mol. The highest BCUT2D eigenvalue weighted by molar-refractivity contribution is 7.12. The zero-order valence-electron chi connectivity index (χ0n) is 17.4. The van der Waals surface area contributed by atoms with E-state index in [1.165, 1.54) is 16.2 Å². The van der Waals surface area contributed by atoms with Gasteiger partial charge < -0.3 is 9.84 Å². The molecule has 0 fully saturated rings. The van der Waals surface area contributed by atoms with Gasteiger partial charge in [-0.05, 0) is 47.7 Å². The lowest BCUT2D eigenvalue weighted by atomic mass is 9.95. The fourth-order valence-corrected chi connectivity index (χ4v) is 4.31. The predicted molar refractivity (Wildman–Crippen MR) is 122 cm³/mol. The van der Waals surface area contributed by atoms with E-state index in [0.29, 0.717) is 28.3 Å². The molecule has 1 amide bonds. The minimum atomic E-state index is -0.795. The molecule has 6 nitrogen and oxygen atoms in total. The zero-order chi connectivity index (χ0) is 22.7. The first-order valence-corrected chi connectivity index (χ1v) is 11.1. The third-order valence-electron chi connectivity index (χ3n) is 5.13. The summed E-state index contributed by atoms with van der Waals surface area (Å²) >= 11 is 1.25. The number of hydrogen-bond acceptors (Lipinski definition) is 6. The summed E-state index contributed by atoms with van der Waals surface area (Å²) in [4.78, 5) is 40.3. The van der Waals surface area contributed by atoms with E-state index in [1.54, 1.807) is 41.8 Å². The Morgan fingerprint density at radius 3 is 2.38 bits per heavy atom. The third-order valence-corrected chi connectivity index (χ3v) is 6.00. The summed E-state index contributed by atoms with van der Waals surface area (Å²) in [6.07, 6.45) is 0.719. The van der Waals surface area contributed by atoms with Crippen LogP contribution < -0.4 is 4.90 Å². The molecule has 2 heterocycles. The summed E-state index contributed by atoms with van der Waals surface area (Å²) < 4.78 is 5.15. The normalized spacial score (nSPS) is 15.8. The lowest BCUT2D eigenvalue weighted by Gasteiger charge is -2.27. The van der Waals surface area contributed by atoms with Crippen molar-refractivity contribution in [3.05, 3.63) is 99.4 Å². The van der Waals surface area contributed by atoms with Gasteiger partial charge in [-0.25, -0.2) is 4.79 Å². The van der Waals surface area contributed by atoms with Crippen molar-refractivity contribution < 1.29 is 24.2 Å². The average molecular weight is 448 g/mol. The molecule has 1 aliphatic rings. The van der Waals surface area contributed by atoms with Crippen molar-refractivity contribution >= 4 is 34.7 Å². The van der Waals surface area contributed by atoms with Crippen LogP contribution in [0.5, 0.6) is 0 Å². The lowest BCUT2D eigenvalue weighted by Crippen LogP contribution is -2.31. The molecule has 0 saturated heterocycles. The molecule has 0 radical (unpaired) electrons. The molecule has 1 N–H and O–H groups in total. The Morgan fingerprint density at radius 1 is 1.03 bits per heavy atom. The van der Waals surface area contributed by atoms with Gasteiger partial charge in [-0.2, -0.15) is 0 Å². The Bertz CT molecular complexity index is 1170. The maximum absolute atomic E-state index is 13.2. The molecule has 4 rings (SSSR count). The predicted octanol–water partition coefficient (Wildman–Crippen LogP) is 5.10. The standard InChI is InChI=1S/C25H21NO5S/c1-2-14-31-25(30)17-10-12-18(13-11-17)26-21(16-7-4-3-5-8-16)20(23(28)24(26)29)22(27)19-9-6-15-32-19/h3-13,15,21,28H,2,14H2,1H3. The number of benzene rings is 2. The fraction of sp³-hybridized carbons (Fsp3) is 0.160. The van der Waals surface area contributed by atoms with E-state index in [1.807, 2.05) is 37.3 Å². The second-order valence-corrected chi connectivity index (χ2v) is 8.19. The number of ether oxygens (including phenoxy) is 1. The first-order valence-electron chi connectivity index (χ1n) is 10.2. The van der Waals surface area contributed by atoms with Gasteiger partial charge in [0.2, 0.25) is 5.78 Å². The maximum Gasteiger partial charge on any atom is 0.338 e. The lowest BCUT2D eigenvalue weighted by molar-refractivity contribution is -0.117. The summed E-state index contributed by atoms with van der Waals surface area (Å²) in [7, 11) is 0. The molecule has 0 spiro atoms. The van der Waals surface area contributed by atoms with Crippen LogP contribution in [0.15, 0.2) is 83.4 Å². The Labute approximate surface area is 189 Å². The van der Waals surface area contributed by atoms with Crippen molar-refractivity contribution in [3.63, 3.8) is 0 Å². The van der Waals surface area contributed by atoms with Crippen molar-refractivity contribution in [1.29, 1.82) is 0 Å². The first-order chi connectivity index (χ1) is 15.5. The summed E-state index contributed by atoms with van der Waals surface area (Å²) in [5.74, 6) is -2.06. The molecule has 32 heavy (non-hydrogen) atoms. The topological polar surface area (TPSA) is 83.9 Å². The van der Waals surface area contributed by atoms with Crippen molar-refractivity contribution in [3.8, 4) is 0 Å². The van der Waals surface area contributed by atoms with E-state index in [9.17, 15) is 19.5 Å². The number of nitrogens with zero attached hydrogens (tertiary/aromatic N) is 1. The van der Waals surface area contributed by atoms with Gasteiger partial charge in [-0.3, -0.25) is 14.5 Å². The Kier molecular flexibility index (Phi) is 6.18. The summed E-state index contributed by atoms with van der Waals surface area (Å²) in [6, 6.07) is 18.1. The second-order valence-electron chi connectivity index (χ2n) is 7.24. The molecular weight excluding hydrogens is 426 g/mol. The molecule has 0 aliphatic carbocycles. The Morgan fingerprint density at radius 2 is 1.75 bits per heavy atom. The van der Waals surface area contributed by atoms with Crippen molar-refractivity contribution in [1.82, 2.24) is 0 Å².